The topological polar surface area (TPSA) is 47.7 Å². The summed E-state index contributed by atoms with van der Waals surface area (Å²) in [5, 5.41) is 7.98. The Morgan fingerprint density at radius 2 is 2.11 bits per heavy atom. The van der Waals surface area contributed by atoms with Gasteiger partial charge in [0.05, 0.1) is 5.69 Å². The number of nitrogens with zero attached hydrogens (tertiary/aromatic N) is 4. The van der Waals surface area contributed by atoms with Crippen LogP contribution in [0.1, 0.15) is 36.8 Å². The Labute approximate surface area is 114 Å². The molecule has 2 rings (SSSR count). The number of imidazole rings is 1. The number of aromatic nitrogens is 4. The predicted octanol–water partition coefficient (Wildman–Crippen LogP) is 1.61. The van der Waals surface area contributed by atoms with Gasteiger partial charge in [0, 0.05) is 57.8 Å². The van der Waals surface area contributed by atoms with Crippen LogP contribution in [0.4, 0.5) is 0 Å². The van der Waals surface area contributed by atoms with Gasteiger partial charge in [-0.3, -0.25) is 4.68 Å². The quantitative estimate of drug-likeness (QED) is 0.804. The van der Waals surface area contributed by atoms with E-state index in [1.54, 1.807) is 0 Å². The van der Waals surface area contributed by atoms with Crippen LogP contribution in [-0.4, -0.2) is 25.9 Å². The van der Waals surface area contributed by atoms with Crippen molar-refractivity contribution >= 4 is 0 Å². The van der Waals surface area contributed by atoms with Gasteiger partial charge in [0.25, 0.3) is 0 Å². The monoisotopic (exact) mass is 261 g/mol. The first-order chi connectivity index (χ1) is 9.08. The van der Waals surface area contributed by atoms with Crippen LogP contribution in [-0.2, 0) is 27.1 Å². The predicted molar refractivity (Wildman–Crippen MR) is 75.9 cm³/mol. The highest BCUT2D eigenvalue weighted by Crippen LogP contribution is 2.16. The van der Waals surface area contributed by atoms with Crippen LogP contribution in [0.2, 0.25) is 0 Å². The van der Waals surface area contributed by atoms with Crippen LogP contribution < -0.4 is 5.32 Å². The molecule has 1 N–H and O–H groups in total. The fourth-order valence-electron chi connectivity index (χ4n) is 2.24. The first-order valence-electron chi connectivity index (χ1n) is 6.77. The molecule has 0 saturated carbocycles. The summed E-state index contributed by atoms with van der Waals surface area (Å²) in [6, 6.07) is 0. The van der Waals surface area contributed by atoms with E-state index in [0.717, 1.165) is 25.3 Å². The molecule has 0 radical (unpaired) electrons. The van der Waals surface area contributed by atoms with Crippen molar-refractivity contribution in [2.75, 3.05) is 6.54 Å². The molecule has 2 heterocycles. The molecule has 0 fully saturated rings. The number of hydrogen-bond acceptors (Lipinski definition) is 3. The minimum Gasteiger partial charge on any atom is -0.338 e. The average molecular weight is 261 g/mol. The third kappa shape index (κ3) is 3.44. The average Bonchev–Trinajstić information content (AvgIpc) is 2.91. The van der Waals surface area contributed by atoms with Gasteiger partial charge in [-0.15, -0.1) is 0 Å². The molecule has 0 bridgehead atoms. The first-order valence-corrected chi connectivity index (χ1v) is 6.77. The highest BCUT2D eigenvalue weighted by molar-refractivity contribution is 5.19. The zero-order chi connectivity index (χ0) is 13.8. The summed E-state index contributed by atoms with van der Waals surface area (Å²) in [4.78, 5) is 4.32. The van der Waals surface area contributed by atoms with Crippen LogP contribution >= 0.6 is 0 Å². The van der Waals surface area contributed by atoms with Gasteiger partial charge in [-0.2, -0.15) is 5.10 Å². The normalized spacial score (nSPS) is 11.4. The largest absolute Gasteiger partial charge is 0.338 e. The lowest BCUT2D eigenvalue weighted by Crippen LogP contribution is -2.18. The van der Waals surface area contributed by atoms with Crippen molar-refractivity contribution < 1.29 is 0 Å². The molecule has 0 saturated heterocycles. The Bertz CT molecular complexity index is 524. The highest BCUT2D eigenvalue weighted by Gasteiger charge is 2.10. The van der Waals surface area contributed by atoms with Crippen molar-refractivity contribution in [3.63, 3.8) is 0 Å². The molecular formula is C14H23N5. The lowest BCUT2D eigenvalue weighted by Gasteiger charge is -2.07. The van der Waals surface area contributed by atoms with Gasteiger partial charge in [0.1, 0.15) is 5.82 Å². The van der Waals surface area contributed by atoms with Gasteiger partial charge in [0.15, 0.2) is 0 Å². The summed E-state index contributed by atoms with van der Waals surface area (Å²) >= 11 is 0. The molecule has 0 spiro atoms. The Balaban J connectivity index is 1.84. The lowest BCUT2D eigenvalue weighted by molar-refractivity contribution is 0.648. The third-order valence-electron chi connectivity index (χ3n) is 3.25. The molecule has 0 aliphatic heterocycles. The summed E-state index contributed by atoms with van der Waals surface area (Å²) in [5.74, 6) is 1.58. The minimum atomic E-state index is 0.465. The maximum atomic E-state index is 4.51. The molecule has 5 nitrogen and oxygen atoms in total. The standard InChI is InChI=1S/C14H23N5/c1-11(2)14-12(10-19(4)17-14)9-15-6-5-13-16-7-8-18(13)3/h7-8,10-11,15H,5-6,9H2,1-4H3. The van der Waals surface area contributed by atoms with Crippen molar-refractivity contribution in [3.05, 3.63) is 35.7 Å². The minimum absolute atomic E-state index is 0.465. The molecule has 0 aliphatic carbocycles. The van der Waals surface area contributed by atoms with Crippen LogP contribution in [0.25, 0.3) is 0 Å². The maximum absolute atomic E-state index is 4.51. The second-order valence-electron chi connectivity index (χ2n) is 5.25. The Morgan fingerprint density at radius 1 is 1.32 bits per heavy atom. The molecular weight excluding hydrogens is 238 g/mol. The van der Waals surface area contributed by atoms with Crippen LogP contribution in [0.5, 0.6) is 0 Å². The first kappa shape index (κ1) is 13.8. The van der Waals surface area contributed by atoms with E-state index >= 15 is 0 Å². The molecule has 0 aliphatic rings. The van der Waals surface area contributed by atoms with E-state index in [0.29, 0.717) is 5.92 Å². The molecule has 2 aromatic rings. The van der Waals surface area contributed by atoms with Gasteiger partial charge in [0.2, 0.25) is 0 Å². The maximum Gasteiger partial charge on any atom is 0.109 e. The smallest absolute Gasteiger partial charge is 0.109 e. The van der Waals surface area contributed by atoms with Crippen LogP contribution in [0.15, 0.2) is 18.6 Å². The van der Waals surface area contributed by atoms with Crippen LogP contribution in [0.3, 0.4) is 0 Å². The summed E-state index contributed by atoms with van der Waals surface area (Å²) < 4.78 is 3.95. The van der Waals surface area contributed by atoms with E-state index in [1.165, 1.54) is 11.3 Å². The summed E-state index contributed by atoms with van der Waals surface area (Å²) in [6.07, 6.45) is 6.87. The molecule has 0 aromatic carbocycles. The highest BCUT2D eigenvalue weighted by atomic mass is 15.3. The SMILES string of the molecule is CC(C)c1nn(C)cc1CNCCc1nccn1C. The Kier molecular flexibility index (Phi) is 4.37. The van der Waals surface area contributed by atoms with Gasteiger partial charge < -0.3 is 9.88 Å². The summed E-state index contributed by atoms with van der Waals surface area (Å²) in [7, 11) is 4.00. The van der Waals surface area contributed by atoms with E-state index in [1.807, 2.05) is 31.2 Å². The van der Waals surface area contributed by atoms with Crippen molar-refractivity contribution in [2.45, 2.75) is 32.7 Å². The number of aryl methyl sites for hydroxylation is 2. The van der Waals surface area contributed by atoms with E-state index in [4.69, 9.17) is 0 Å². The van der Waals surface area contributed by atoms with Crippen molar-refractivity contribution in [1.29, 1.82) is 0 Å². The number of hydrogen-bond donors (Lipinski definition) is 1. The molecule has 0 unspecified atom stereocenters. The molecule has 5 heteroatoms. The third-order valence-corrected chi connectivity index (χ3v) is 3.25. The molecule has 104 valence electrons. The van der Waals surface area contributed by atoms with Crippen molar-refractivity contribution in [3.8, 4) is 0 Å². The van der Waals surface area contributed by atoms with E-state index in [2.05, 4.69) is 40.0 Å². The van der Waals surface area contributed by atoms with Gasteiger partial charge in [-0.1, -0.05) is 13.8 Å². The van der Waals surface area contributed by atoms with Gasteiger partial charge >= 0.3 is 0 Å². The zero-order valence-corrected chi connectivity index (χ0v) is 12.2. The van der Waals surface area contributed by atoms with Crippen molar-refractivity contribution in [2.24, 2.45) is 14.1 Å². The fourth-order valence-corrected chi connectivity index (χ4v) is 2.24. The van der Waals surface area contributed by atoms with Gasteiger partial charge in [-0.05, 0) is 5.92 Å². The number of rotatable bonds is 6. The molecule has 0 amide bonds. The fraction of sp³-hybridized carbons (Fsp3) is 0.571. The lowest BCUT2D eigenvalue weighted by atomic mass is 10.1. The molecule has 19 heavy (non-hydrogen) atoms. The summed E-state index contributed by atoms with van der Waals surface area (Å²) in [6.45, 7) is 6.16. The van der Waals surface area contributed by atoms with Crippen LogP contribution in [0, 0.1) is 0 Å². The Hall–Kier alpha value is -1.62. The van der Waals surface area contributed by atoms with E-state index < -0.39 is 0 Å². The molecule has 2 aromatic heterocycles. The second kappa shape index (κ2) is 6.02. The van der Waals surface area contributed by atoms with Gasteiger partial charge in [-0.25, -0.2) is 4.98 Å². The summed E-state index contributed by atoms with van der Waals surface area (Å²) in [5.41, 5.74) is 2.48. The van der Waals surface area contributed by atoms with E-state index in [-0.39, 0.29) is 0 Å². The number of nitrogens with one attached hydrogen (secondary N) is 1. The zero-order valence-electron chi connectivity index (χ0n) is 12.2. The second-order valence-corrected chi connectivity index (χ2v) is 5.25. The van der Waals surface area contributed by atoms with E-state index in [9.17, 15) is 0 Å². The van der Waals surface area contributed by atoms with Crippen molar-refractivity contribution in [1.82, 2.24) is 24.6 Å². The molecule has 0 atom stereocenters. The Morgan fingerprint density at radius 3 is 2.74 bits per heavy atom.